The predicted octanol–water partition coefficient (Wildman–Crippen LogP) is 4.40. The SMILES string of the molecule is CC1(C)CN(C(=O)CCl)c2cc(Cc3ccc(F)cc3)c3nc(CF)cn3c21. The number of halogens is 3. The molecule has 0 atom stereocenters. The van der Waals surface area contributed by atoms with Crippen molar-refractivity contribution >= 4 is 28.8 Å². The van der Waals surface area contributed by atoms with Crippen LogP contribution in [-0.4, -0.2) is 27.7 Å². The number of fused-ring (bicyclic) bond motifs is 3. The first-order valence-electron chi connectivity index (χ1n) is 9.05. The van der Waals surface area contributed by atoms with E-state index in [0.717, 1.165) is 22.5 Å². The molecule has 1 aliphatic rings. The van der Waals surface area contributed by atoms with Crippen LogP contribution in [0.15, 0.2) is 36.5 Å². The Hall–Kier alpha value is -2.47. The van der Waals surface area contributed by atoms with Gasteiger partial charge in [0.25, 0.3) is 0 Å². The highest BCUT2D eigenvalue weighted by Gasteiger charge is 2.40. The van der Waals surface area contributed by atoms with Gasteiger partial charge in [0.1, 0.15) is 24.0 Å². The Kier molecular flexibility index (Phi) is 4.62. The highest BCUT2D eigenvalue weighted by molar-refractivity contribution is 6.29. The summed E-state index contributed by atoms with van der Waals surface area (Å²) in [6.45, 7) is 3.91. The number of carbonyl (C=O) groups excluding carboxylic acids is 1. The lowest BCUT2D eigenvalue weighted by Gasteiger charge is -2.20. The third-order valence-corrected chi connectivity index (χ3v) is 5.41. The van der Waals surface area contributed by atoms with Crippen LogP contribution in [0.4, 0.5) is 14.5 Å². The summed E-state index contributed by atoms with van der Waals surface area (Å²) in [5, 5.41) is 0. The largest absolute Gasteiger partial charge is 0.309 e. The fraction of sp³-hybridized carbons (Fsp3) is 0.333. The lowest BCUT2D eigenvalue weighted by Crippen LogP contribution is -2.34. The first kappa shape index (κ1) is 18.9. The quantitative estimate of drug-likeness (QED) is 0.606. The van der Waals surface area contributed by atoms with Gasteiger partial charge in [-0.1, -0.05) is 26.0 Å². The summed E-state index contributed by atoms with van der Waals surface area (Å²) in [5.41, 5.74) is 4.09. The topological polar surface area (TPSA) is 37.6 Å². The van der Waals surface area contributed by atoms with Gasteiger partial charge in [-0.25, -0.2) is 13.8 Å². The van der Waals surface area contributed by atoms with Crippen LogP contribution >= 0.6 is 11.6 Å². The number of alkyl halides is 2. The minimum absolute atomic E-state index is 0.111. The maximum atomic E-state index is 13.4. The monoisotopic (exact) mass is 403 g/mol. The second-order valence-electron chi connectivity index (χ2n) is 7.76. The molecule has 0 spiro atoms. The predicted molar refractivity (Wildman–Crippen MR) is 105 cm³/mol. The van der Waals surface area contributed by atoms with Crippen LogP contribution in [0.5, 0.6) is 0 Å². The van der Waals surface area contributed by atoms with E-state index in [1.54, 1.807) is 23.2 Å². The number of amides is 1. The van der Waals surface area contributed by atoms with Gasteiger partial charge in [0.2, 0.25) is 5.91 Å². The molecule has 0 unspecified atom stereocenters. The van der Waals surface area contributed by atoms with E-state index in [-0.39, 0.29) is 23.0 Å². The van der Waals surface area contributed by atoms with E-state index < -0.39 is 6.67 Å². The Morgan fingerprint density at radius 1 is 1.29 bits per heavy atom. The molecule has 3 aromatic rings. The Morgan fingerprint density at radius 2 is 2.00 bits per heavy atom. The minimum Gasteiger partial charge on any atom is -0.309 e. The molecule has 3 heterocycles. The van der Waals surface area contributed by atoms with Gasteiger partial charge in [0, 0.05) is 30.1 Å². The number of benzene rings is 1. The van der Waals surface area contributed by atoms with E-state index in [4.69, 9.17) is 11.6 Å². The van der Waals surface area contributed by atoms with Crippen molar-refractivity contribution < 1.29 is 13.6 Å². The summed E-state index contributed by atoms with van der Waals surface area (Å²) < 4.78 is 28.5. The van der Waals surface area contributed by atoms with E-state index >= 15 is 0 Å². The molecule has 28 heavy (non-hydrogen) atoms. The summed E-state index contributed by atoms with van der Waals surface area (Å²) >= 11 is 5.83. The average molecular weight is 404 g/mol. The Bertz CT molecular complexity index is 1060. The molecule has 1 aliphatic heterocycles. The van der Waals surface area contributed by atoms with Gasteiger partial charge in [-0.15, -0.1) is 11.6 Å². The van der Waals surface area contributed by atoms with Crippen molar-refractivity contribution in [1.82, 2.24) is 9.38 Å². The minimum atomic E-state index is -0.669. The van der Waals surface area contributed by atoms with Crippen molar-refractivity contribution in [2.75, 3.05) is 17.3 Å². The number of carbonyl (C=O) groups is 1. The van der Waals surface area contributed by atoms with Gasteiger partial charge in [-0.05, 0) is 23.8 Å². The van der Waals surface area contributed by atoms with E-state index in [0.29, 0.717) is 24.3 Å². The molecule has 0 radical (unpaired) electrons. The highest BCUT2D eigenvalue weighted by atomic mass is 35.5. The number of aromatic nitrogens is 2. The van der Waals surface area contributed by atoms with Crippen molar-refractivity contribution in [2.24, 2.45) is 0 Å². The number of nitrogens with zero attached hydrogens (tertiary/aromatic N) is 3. The standard InChI is InChI=1S/C21H20ClF2N3O/c1-21(2)12-27(18(28)9-22)17-8-14(7-13-3-5-15(24)6-4-13)20-25-16(10-23)11-26(20)19(17)21/h3-6,8,11H,7,9-10,12H2,1-2H3. The first-order valence-corrected chi connectivity index (χ1v) is 9.58. The molecule has 1 amide bonds. The van der Waals surface area contributed by atoms with Crippen LogP contribution in [0.1, 0.15) is 36.4 Å². The molecule has 4 rings (SSSR count). The third kappa shape index (κ3) is 3.05. The van der Waals surface area contributed by atoms with Crippen LogP contribution < -0.4 is 4.90 Å². The molecule has 2 aromatic heterocycles. The lowest BCUT2D eigenvalue weighted by molar-refractivity contribution is -0.116. The number of hydrogen-bond acceptors (Lipinski definition) is 2. The van der Waals surface area contributed by atoms with Crippen LogP contribution in [0.3, 0.4) is 0 Å². The number of pyridine rings is 1. The van der Waals surface area contributed by atoms with Crippen molar-refractivity contribution in [3.8, 4) is 0 Å². The van der Waals surface area contributed by atoms with Gasteiger partial charge in [0.15, 0.2) is 0 Å². The fourth-order valence-electron chi connectivity index (χ4n) is 3.99. The molecule has 0 bridgehead atoms. The van der Waals surface area contributed by atoms with Crippen molar-refractivity contribution in [3.63, 3.8) is 0 Å². The second-order valence-corrected chi connectivity index (χ2v) is 8.03. The highest BCUT2D eigenvalue weighted by Crippen LogP contribution is 2.42. The summed E-state index contributed by atoms with van der Waals surface area (Å²) in [5.74, 6) is -0.587. The number of rotatable bonds is 4. The van der Waals surface area contributed by atoms with Gasteiger partial charge in [0.05, 0.1) is 17.1 Å². The average Bonchev–Trinajstić information content (AvgIpc) is 3.21. The molecule has 0 saturated carbocycles. The van der Waals surface area contributed by atoms with Gasteiger partial charge in [-0.3, -0.25) is 4.79 Å². The molecular formula is C21H20ClF2N3O. The summed E-state index contributed by atoms with van der Waals surface area (Å²) in [4.78, 5) is 18.6. The Labute approximate surface area is 166 Å². The first-order chi connectivity index (χ1) is 13.3. The normalized spacial score (nSPS) is 15.2. The lowest BCUT2D eigenvalue weighted by atomic mass is 9.90. The number of imidazole rings is 1. The summed E-state index contributed by atoms with van der Waals surface area (Å²) in [6.07, 6.45) is 2.18. The van der Waals surface area contributed by atoms with Gasteiger partial charge < -0.3 is 9.30 Å². The second kappa shape index (κ2) is 6.85. The summed E-state index contributed by atoms with van der Waals surface area (Å²) in [7, 11) is 0. The summed E-state index contributed by atoms with van der Waals surface area (Å²) in [6, 6.07) is 8.17. The van der Waals surface area contributed by atoms with E-state index in [9.17, 15) is 13.6 Å². The molecule has 0 N–H and O–H groups in total. The van der Waals surface area contributed by atoms with Crippen LogP contribution in [-0.2, 0) is 23.3 Å². The van der Waals surface area contributed by atoms with Crippen LogP contribution in [0.25, 0.3) is 5.65 Å². The molecule has 7 heteroatoms. The maximum absolute atomic E-state index is 13.4. The van der Waals surface area contributed by atoms with Crippen molar-refractivity contribution in [1.29, 1.82) is 0 Å². The van der Waals surface area contributed by atoms with Crippen LogP contribution in [0.2, 0.25) is 0 Å². The van der Waals surface area contributed by atoms with Crippen LogP contribution in [0, 0.1) is 5.82 Å². The number of hydrogen-bond donors (Lipinski definition) is 0. The fourth-order valence-corrected chi connectivity index (χ4v) is 4.14. The Morgan fingerprint density at radius 3 is 2.64 bits per heavy atom. The molecular weight excluding hydrogens is 384 g/mol. The zero-order chi connectivity index (χ0) is 20.1. The zero-order valence-electron chi connectivity index (χ0n) is 15.7. The van der Waals surface area contributed by atoms with Crippen molar-refractivity contribution in [2.45, 2.75) is 32.4 Å². The smallest absolute Gasteiger partial charge is 0.241 e. The third-order valence-electron chi connectivity index (χ3n) is 5.18. The maximum Gasteiger partial charge on any atom is 0.241 e. The van der Waals surface area contributed by atoms with Crippen molar-refractivity contribution in [3.05, 3.63) is 64.9 Å². The zero-order valence-corrected chi connectivity index (χ0v) is 16.4. The van der Waals surface area contributed by atoms with E-state index in [1.807, 2.05) is 24.3 Å². The van der Waals surface area contributed by atoms with E-state index in [2.05, 4.69) is 4.98 Å². The Balaban J connectivity index is 1.93. The molecule has 0 aliphatic carbocycles. The molecule has 146 valence electrons. The number of anilines is 1. The van der Waals surface area contributed by atoms with Gasteiger partial charge in [-0.2, -0.15) is 0 Å². The molecule has 1 aromatic carbocycles. The van der Waals surface area contributed by atoms with E-state index in [1.165, 1.54) is 12.1 Å². The molecule has 0 fully saturated rings. The molecule has 4 nitrogen and oxygen atoms in total. The van der Waals surface area contributed by atoms with Gasteiger partial charge >= 0.3 is 0 Å². The molecule has 0 saturated heterocycles.